The Kier molecular flexibility index (Phi) is 10.7. The zero-order chi connectivity index (χ0) is 22.0. The van der Waals surface area contributed by atoms with Crippen LogP contribution in [0.2, 0.25) is 0 Å². The molecule has 0 spiro atoms. The van der Waals surface area contributed by atoms with Crippen LogP contribution >= 0.6 is 0 Å². The highest BCUT2D eigenvalue weighted by molar-refractivity contribution is 5.95. The third kappa shape index (κ3) is 9.28. The number of carbonyl (C=O) groups is 5. The van der Waals surface area contributed by atoms with Gasteiger partial charge < -0.3 is 37.0 Å². The summed E-state index contributed by atoms with van der Waals surface area (Å²) in [6.07, 6.45) is -0.634. The van der Waals surface area contributed by atoms with Gasteiger partial charge in [-0.1, -0.05) is 13.8 Å². The molecule has 0 aromatic heterocycles. The molecule has 0 rings (SSSR count). The molecule has 0 aliphatic heterocycles. The average Bonchev–Trinajstić information content (AvgIpc) is 2.56. The number of nitrogens with two attached hydrogens (primary N) is 1. The van der Waals surface area contributed by atoms with E-state index in [9.17, 15) is 24.0 Å². The van der Waals surface area contributed by atoms with Crippen LogP contribution < -0.4 is 21.7 Å². The molecule has 12 heteroatoms. The number of aliphatic hydroxyl groups is 1. The van der Waals surface area contributed by atoms with E-state index in [2.05, 4.69) is 16.0 Å². The van der Waals surface area contributed by atoms with Crippen molar-refractivity contribution in [3.05, 3.63) is 0 Å². The summed E-state index contributed by atoms with van der Waals surface area (Å²) in [6.45, 7) is 4.00. The van der Waals surface area contributed by atoms with Crippen molar-refractivity contribution in [3.8, 4) is 0 Å². The van der Waals surface area contributed by atoms with E-state index in [-0.39, 0.29) is 12.3 Å². The predicted octanol–water partition coefficient (Wildman–Crippen LogP) is -2.61. The van der Waals surface area contributed by atoms with Crippen LogP contribution in [0.4, 0.5) is 0 Å². The second-order valence-corrected chi connectivity index (χ2v) is 6.72. The molecule has 28 heavy (non-hydrogen) atoms. The Balaban J connectivity index is 5.36. The molecular formula is C16H28N4O8. The van der Waals surface area contributed by atoms with Gasteiger partial charge in [0.15, 0.2) is 0 Å². The van der Waals surface area contributed by atoms with Crippen molar-refractivity contribution in [1.29, 1.82) is 0 Å². The summed E-state index contributed by atoms with van der Waals surface area (Å²) in [5.74, 6) is -5.47. The fraction of sp³-hybridized carbons (Fsp3) is 0.688. The Labute approximate surface area is 161 Å². The fourth-order valence-electron chi connectivity index (χ4n) is 2.12. The highest BCUT2D eigenvalue weighted by atomic mass is 16.4. The van der Waals surface area contributed by atoms with E-state index in [0.717, 1.165) is 0 Å². The van der Waals surface area contributed by atoms with Gasteiger partial charge in [-0.3, -0.25) is 19.2 Å². The van der Waals surface area contributed by atoms with Gasteiger partial charge in [0.2, 0.25) is 17.7 Å². The minimum atomic E-state index is -1.56. The molecule has 0 aliphatic rings. The Bertz CT molecular complexity index is 593. The number of hydrogen-bond acceptors (Lipinski definition) is 7. The maximum atomic E-state index is 12.4. The van der Waals surface area contributed by atoms with Crippen LogP contribution in [-0.4, -0.2) is 75.8 Å². The van der Waals surface area contributed by atoms with Gasteiger partial charge in [-0.15, -0.1) is 0 Å². The standard InChI is InChI=1S/C16H28N4O8/c1-7(2)4-9(14(25)20-11(6-21)16(27)28)19-15(26)10(5-12(22)23)18-13(24)8(3)17/h7-11,21H,4-6,17H2,1-3H3,(H,18,24)(H,19,26)(H,20,25)(H,22,23)(H,27,28). The SMILES string of the molecule is CC(C)CC(NC(=O)C(CC(=O)O)NC(=O)C(C)N)C(=O)NC(CO)C(=O)O. The molecule has 0 saturated carbocycles. The monoisotopic (exact) mass is 404 g/mol. The highest BCUT2D eigenvalue weighted by Crippen LogP contribution is 2.07. The van der Waals surface area contributed by atoms with Gasteiger partial charge in [0.05, 0.1) is 19.1 Å². The third-order valence-electron chi connectivity index (χ3n) is 3.56. The van der Waals surface area contributed by atoms with E-state index in [1.54, 1.807) is 13.8 Å². The van der Waals surface area contributed by atoms with Crippen molar-refractivity contribution in [2.45, 2.75) is 57.8 Å². The first-order valence-electron chi connectivity index (χ1n) is 8.61. The Hall–Kier alpha value is -2.73. The molecule has 0 aliphatic carbocycles. The number of carbonyl (C=O) groups excluding carboxylic acids is 3. The molecular weight excluding hydrogens is 376 g/mol. The molecule has 3 amide bonds. The lowest BCUT2D eigenvalue weighted by Gasteiger charge is -2.25. The first kappa shape index (κ1) is 25.3. The van der Waals surface area contributed by atoms with E-state index in [0.29, 0.717) is 0 Å². The summed E-state index contributed by atoms with van der Waals surface area (Å²) in [6, 6.07) is -5.23. The smallest absolute Gasteiger partial charge is 0.328 e. The van der Waals surface area contributed by atoms with Gasteiger partial charge in [0, 0.05) is 0 Å². The van der Waals surface area contributed by atoms with E-state index in [4.69, 9.17) is 21.1 Å². The van der Waals surface area contributed by atoms with E-state index < -0.39 is 66.9 Å². The summed E-state index contributed by atoms with van der Waals surface area (Å²) in [4.78, 5) is 58.4. The molecule has 160 valence electrons. The predicted molar refractivity (Wildman–Crippen MR) is 95.9 cm³/mol. The molecule has 0 aromatic carbocycles. The number of aliphatic carboxylic acids is 2. The van der Waals surface area contributed by atoms with Crippen LogP contribution in [0.5, 0.6) is 0 Å². The molecule has 12 nitrogen and oxygen atoms in total. The minimum Gasteiger partial charge on any atom is -0.481 e. The molecule has 0 bridgehead atoms. The van der Waals surface area contributed by atoms with Crippen LogP contribution in [0.3, 0.4) is 0 Å². The van der Waals surface area contributed by atoms with Crippen LogP contribution in [0.15, 0.2) is 0 Å². The second-order valence-electron chi connectivity index (χ2n) is 6.72. The summed E-state index contributed by atoms with van der Waals surface area (Å²) in [5, 5.41) is 33.5. The maximum Gasteiger partial charge on any atom is 0.328 e. The van der Waals surface area contributed by atoms with Gasteiger partial charge in [0.1, 0.15) is 18.1 Å². The number of aliphatic hydroxyl groups excluding tert-OH is 1. The Morgan fingerprint density at radius 1 is 0.821 bits per heavy atom. The van der Waals surface area contributed by atoms with Crippen molar-refractivity contribution < 1.29 is 39.3 Å². The van der Waals surface area contributed by atoms with E-state index in [1.807, 2.05) is 0 Å². The van der Waals surface area contributed by atoms with Gasteiger partial charge in [0.25, 0.3) is 0 Å². The van der Waals surface area contributed by atoms with Crippen molar-refractivity contribution in [2.75, 3.05) is 6.61 Å². The molecule has 4 unspecified atom stereocenters. The molecule has 0 fully saturated rings. The Morgan fingerprint density at radius 2 is 1.29 bits per heavy atom. The number of carboxylic acids is 2. The molecule has 0 radical (unpaired) electrons. The number of rotatable bonds is 12. The van der Waals surface area contributed by atoms with Gasteiger partial charge in [-0.2, -0.15) is 0 Å². The lowest BCUT2D eigenvalue weighted by atomic mass is 10.0. The lowest BCUT2D eigenvalue weighted by Crippen LogP contribution is -2.57. The molecule has 0 saturated heterocycles. The van der Waals surface area contributed by atoms with Crippen LogP contribution in [0.25, 0.3) is 0 Å². The fourth-order valence-corrected chi connectivity index (χ4v) is 2.12. The van der Waals surface area contributed by atoms with Crippen LogP contribution in [0.1, 0.15) is 33.6 Å². The molecule has 0 heterocycles. The first-order chi connectivity index (χ1) is 12.9. The van der Waals surface area contributed by atoms with Crippen molar-refractivity contribution in [3.63, 3.8) is 0 Å². The van der Waals surface area contributed by atoms with Gasteiger partial charge in [-0.05, 0) is 19.3 Å². The van der Waals surface area contributed by atoms with Crippen LogP contribution in [0, 0.1) is 5.92 Å². The number of carboxylic acid groups (broad SMARTS) is 2. The first-order valence-corrected chi connectivity index (χ1v) is 8.61. The zero-order valence-electron chi connectivity index (χ0n) is 16.0. The highest BCUT2D eigenvalue weighted by Gasteiger charge is 2.31. The van der Waals surface area contributed by atoms with Gasteiger partial charge in [-0.25, -0.2) is 4.79 Å². The van der Waals surface area contributed by atoms with Crippen LogP contribution in [-0.2, 0) is 24.0 Å². The normalized spacial score (nSPS) is 15.1. The van der Waals surface area contributed by atoms with E-state index in [1.165, 1.54) is 6.92 Å². The van der Waals surface area contributed by atoms with Crippen molar-refractivity contribution in [1.82, 2.24) is 16.0 Å². The summed E-state index contributed by atoms with van der Waals surface area (Å²) < 4.78 is 0. The number of nitrogens with one attached hydrogen (secondary N) is 3. The number of amides is 3. The summed E-state index contributed by atoms with van der Waals surface area (Å²) in [7, 11) is 0. The summed E-state index contributed by atoms with van der Waals surface area (Å²) >= 11 is 0. The largest absolute Gasteiger partial charge is 0.481 e. The zero-order valence-corrected chi connectivity index (χ0v) is 16.0. The van der Waals surface area contributed by atoms with Crippen molar-refractivity contribution >= 4 is 29.7 Å². The Morgan fingerprint density at radius 3 is 1.68 bits per heavy atom. The van der Waals surface area contributed by atoms with Crippen molar-refractivity contribution in [2.24, 2.45) is 11.7 Å². The topological polar surface area (TPSA) is 208 Å². The molecule has 4 atom stereocenters. The average molecular weight is 404 g/mol. The van der Waals surface area contributed by atoms with E-state index >= 15 is 0 Å². The molecule has 0 aromatic rings. The second kappa shape index (κ2) is 11.9. The lowest BCUT2D eigenvalue weighted by molar-refractivity contribution is -0.144. The molecule has 8 N–H and O–H groups in total. The number of hydrogen-bond donors (Lipinski definition) is 7. The maximum absolute atomic E-state index is 12.4. The minimum absolute atomic E-state index is 0.0926. The third-order valence-corrected chi connectivity index (χ3v) is 3.56. The summed E-state index contributed by atoms with van der Waals surface area (Å²) in [5.41, 5.74) is 5.39. The quantitative estimate of drug-likeness (QED) is 0.181. The van der Waals surface area contributed by atoms with Gasteiger partial charge >= 0.3 is 11.9 Å².